The van der Waals surface area contributed by atoms with Crippen LogP contribution >= 0.6 is 0 Å². The van der Waals surface area contributed by atoms with Crippen molar-refractivity contribution in [2.24, 2.45) is 5.41 Å². The van der Waals surface area contributed by atoms with E-state index >= 15 is 0 Å². The standard InChI is InChI=1S/C34H46N4O/c1-24-10-12-26(13-11-24)34(16-19-36(20-17-34)32(39)33(3,4)5)18-21-37-27-14-15-28(37)23-29(22-27)38-25(2)35-30-8-6-7-9-31(30)38/h6-13,27-29H,14-23H2,1-5H3/t27-,28?,29?/m1/s1. The molecule has 0 spiro atoms. The Kier molecular flexibility index (Phi) is 6.86. The predicted octanol–water partition coefficient (Wildman–Crippen LogP) is 6.82. The zero-order chi connectivity index (χ0) is 27.4. The Labute approximate surface area is 234 Å². The average molecular weight is 527 g/mol. The van der Waals surface area contributed by atoms with Crippen LogP contribution in [-0.2, 0) is 10.2 Å². The molecule has 0 N–H and O–H groups in total. The lowest BCUT2D eigenvalue weighted by Crippen LogP contribution is -2.50. The molecule has 3 saturated heterocycles. The van der Waals surface area contributed by atoms with Crippen molar-refractivity contribution in [3.63, 3.8) is 0 Å². The number of carbonyl (C=O) groups excluding carboxylic acids is 1. The van der Waals surface area contributed by atoms with Crippen molar-refractivity contribution in [3.05, 3.63) is 65.5 Å². The maximum atomic E-state index is 13.1. The molecule has 2 unspecified atom stereocenters. The number of para-hydroxylation sites is 2. The van der Waals surface area contributed by atoms with Gasteiger partial charge in [-0.3, -0.25) is 9.69 Å². The van der Waals surface area contributed by atoms with Gasteiger partial charge in [-0.25, -0.2) is 4.98 Å². The van der Waals surface area contributed by atoms with Crippen molar-refractivity contribution in [1.29, 1.82) is 0 Å². The summed E-state index contributed by atoms with van der Waals surface area (Å²) in [7, 11) is 0. The monoisotopic (exact) mass is 526 g/mol. The summed E-state index contributed by atoms with van der Waals surface area (Å²) in [5, 5.41) is 0. The smallest absolute Gasteiger partial charge is 0.227 e. The molecule has 5 heteroatoms. The Hall–Kier alpha value is -2.66. The van der Waals surface area contributed by atoms with Crippen molar-refractivity contribution in [1.82, 2.24) is 19.4 Å². The fourth-order valence-corrected chi connectivity index (χ4v) is 7.99. The summed E-state index contributed by atoms with van der Waals surface area (Å²) >= 11 is 0. The van der Waals surface area contributed by atoms with Crippen molar-refractivity contribution in [2.45, 2.75) is 103 Å². The molecule has 1 amide bonds. The quantitative estimate of drug-likeness (QED) is 0.366. The number of amides is 1. The maximum absolute atomic E-state index is 13.1. The molecule has 0 aliphatic carbocycles. The normalized spacial score (nSPS) is 25.4. The third kappa shape index (κ3) is 4.92. The lowest BCUT2D eigenvalue weighted by atomic mass is 9.69. The van der Waals surface area contributed by atoms with Gasteiger partial charge in [-0.05, 0) is 88.4 Å². The molecular formula is C34H46N4O. The van der Waals surface area contributed by atoms with Crippen LogP contribution in [0.2, 0.25) is 0 Å². The van der Waals surface area contributed by atoms with E-state index in [-0.39, 0.29) is 10.8 Å². The molecule has 0 radical (unpaired) electrons. The van der Waals surface area contributed by atoms with Gasteiger partial charge in [-0.2, -0.15) is 0 Å². The summed E-state index contributed by atoms with van der Waals surface area (Å²) in [6.07, 6.45) is 8.38. The third-order valence-electron chi connectivity index (χ3n) is 10.2. The van der Waals surface area contributed by atoms with Gasteiger partial charge >= 0.3 is 0 Å². The molecule has 3 aromatic rings. The first-order valence-corrected chi connectivity index (χ1v) is 15.2. The summed E-state index contributed by atoms with van der Waals surface area (Å²) in [6.45, 7) is 13.4. The number of carbonyl (C=O) groups is 1. The largest absolute Gasteiger partial charge is 0.342 e. The second-order valence-corrected chi connectivity index (χ2v) is 13.7. The van der Waals surface area contributed by atoms with E-state index in [0.29, 0.717) is 24.0 Å². The predicted molar refractivity (Wildman–Crippen MR) is 159 cm³/mol. The highest BCUT2D eigenvalue weighted by Crippen LogP contribution is 2.45. The zero-order valence-electron chi connectivity index (χ0n) is 24.6. The molecule has 208 valence electrons. The molecule has 3 aliphatic heterocycles. The molecular weight excluding hydrogens is 480 g/mol. The number of hydrogen-bond acceptors (Lipinski definition) is 3. The van der Waals surface area contributed by atoms with Gasteiger partial charge in [0.2, 0.25) is 5.91 Å². The topological polar surface area (TPSA) is 41.4 Å². The van der Waals surface area contributed by atoms with E-state index in [1.54, 1.807) is 0 Å². The van der Waals surface area contributed by atoms with E-state index in [1.165, 1.54) is 48.7 Å². The fourth-order valence-electron chi connectivity index (χ4n) is 7.99. The zero-order valence-corrected chi connectivity index (χ0v) is 24.6. The van der Waals surface area contributed by atoms with Crippen LogP contribution < -0.4 is 0 Å². The molecule has 6 rings (SSSR count). The first-order valence-electron chi connectivity index (χ1n) is 15.2. The number of nitrogens with zero attached hydrogens (tertiary/aromatic N) is 4. The van der Waals surface area contributed by atoms with Gasteiger partial charge < -0.3 is 9.47 Å². The molecule has 0 saturated carbocycles. The van der Waals surface area contributed by atoms with E-state index in [9.17, 15) is 4.79 Å². The molecule has 3 fully saturated rings. The Morgan fingerprint density at radius 1 is 0.923 bits per heavy atom. The maximum Gasteiger partial charge on any atom is 0.227 e. The number of fused-ring (bicyclic) bond motifs is 3. The van der Waals surface area contributed by atoms with Gasteiger partial charge in [0, 0.05) is 36.6 Å². The average Bonchev–Trinajstić information content (AvgIpc) is 3.37. The molecule has 3 aliphatic rings. The number of benzene rings is 2. The van der Waals surface area contributed by atoms with Crippen LogP contribution in [0.1, 0.15) is 88.7 Å². The third-order valence-corrected chi connectivity index (χ3v) is 10.2. The summed E-state index contributed by atoms with van der Waals surface area (Å²) in [5.41, 5.74) is 5.04. The molecule has 2 aromatic carbocycles. The highest BCUT2D eigenvalue weighted by Gasteiger charge is 2.44. The first-order chi connectivity index (χ1) is 18.6. The lowest BCUT2D eigenvalue weighted by molar-refractivity contribution is -0.141. The van der Waals surface area contributed by atoms with Gasteiger partial charge in [0.1, 0.15) is 5.82 Å². The number of aromatic nitrogens is 2. The second-order valence-electron chi connectivity index (χ2n) is 13.7. The number of aryl methyl sites for hydroxylation is 2. The molecule has 3 atom stereocenters. The van der Waals surface area contributed by atoms with E-state index in [0.717, 1.165) is 43.8 Å². The Balaban J connectivity index is 1.19. The van der Waals surface area contributed by atoms with E-state index in [4.69, 9.17) is 4.98 Å². The number of rotatable bonds is 5. The van der Waals surface area contributed by atoms with Crippen molar-refractivity contribution in [3.8, 4) is 0 Å². The number of imidazole rings is 1. The van der Waals surface area contributed by atoms with Crippen LogP contribution in [0.25, 0.3) is 11.0 Å². The Morgan fingerprint density at radius 2 is 1.56 bits per heavy atom. The van der Waals surface area contributed by atoms with Gasteiger partial charge in [-0.15, -0.1) is 0 Å². The fraction of sp³-hybridized carbons (Fsp3) is 0.588. The minimum atomic E-state index is -0.313. The number of hydrogen-bond donors (Lipinski definition) is 0. The van der Waals surface area contributed by atoms with Gasteiger partial charge in [-0.1, -0.05) is 62.7 Å². The van der Waals surface area contributed by atoms with E-state index < -0.39 is 0 Å². The highest BCUT2D eigenvalue weighted by molar-refractivity contribution is 5.81. The van der Waals surface area contributed by atoms with Crippen LogP contribution in [0.5, 0.6) is 0 Å². The Bertz CT molecular complexity index is 1310. The molecule has 1 aromatic heterocycles. The van der Waals surface area contributed by atoms with Crippen molar-refractivity contribution >= 4 is 16.9 Å². The molecule has 5 nitrogen and oxygen atoms in total. The second kappa shape index (κ2) is 10.1. The molecule has 4 heterocycles. The SMILES string of the molecule is Cc1ccc(C2(CCN3C4CC[C@@H]3CC(n3c(C)nc5ccccc53)C4)CCN(C(=O)C(C)(C)C)CC2)cc1. The van der Waals surface area contributed by atoms with Gasteiger partial charge in [0.15, 0.2) is 0 Å². The summed E-state index contributed by atoms with van der Waals surface area (Å²) in [4.78, 5) is 22.9. The Morgan fingerprint density at radius 3 is 2.21 bits per heavy atom. The van der Waals surface area contributed by atoms with E-state index in [2.05, 4.69) is 76.7 Å². The van der Waals surface area contributed by atoms with Crippen molar-refractivity contribution in [2.75, 3.05) is 19.6 Å². The number of likely N-dealkylation sites (tertiary alicyclic amines) is 1. The van der Waals surface area contributed by atoms with Crippen LogP contribution in [0, 0.1) is 19.3 Å². The summed E-state index contributed by atoms with van der Waals surface area (Å²) in [6, 6.07) is 19.8. The van der Waals surface area contributed by atoms with Crippen LogP contribution in [0.4, 0.5) is 0 Å². The number of piperidine rings is 2. The molecule has 39 heavy (non-hydrogen) atoms. The first kappa shape index (κ1) is 26.6. The molecule has 2 bridgehead atoms. The van der Waals surface area contributed by atoms with Gasteiger partial charge in [0.05, 0.1) is 11.0 Å². The van der Waals surface area contributed by atoms with Crippen LogP contribution in [-0.4, -0.2) is 57.0 Å². The van der Waals surface area contributed by atoms with Crippen molar-refractivity contribution < 1.29 is 4.79 Å². The van der Waals surface area contributed by atoms with Gasteiger partial charge in [0.25, 0.3) is 0 Å². The minimum absolute atomic E-state index is 0.149. The summed E-state index contributed by atoms with van der Waals surface area (Å²) in [5.74, 6) is 1.45. The van der Waals surface area contributed by atoms with Crippen LogP contribution in [0.3, 0.4) is 0 Å². The summed E-state index contributed by atoms with van der Waals surface area (Å²) < 4.78 is 2.54. The minimum Gasteiger partial charge on any atom is -0.342 e. The van der Waals surface area contributed by atoms with Crippen LogP contribution in [0.15, 0.2) is 48.5 Å². The lowest BCUT2D eigenvalue weighted by Gasteiger charge is -2.46. The van der Waals surface area contributed by atoms with E-state index in [1.807, 2.05) is 20.8 Å². The highest BCUT2D eigenvalue weighted by atomic mass is 16.2.